The molecule has 0 spiro atoms. The number of fused-ring (bicyclic) bond motifs is 1. The summed E-state index contributed by atoms with van der Waals surface area (Å²) >= 11 is 0. The van der Waals surface area contributed by atoms with Crippen molar-refractivity contribution in [1.29, 1.82) is 0 Å². The summed E-state index contributed by atoms with van der Waals surface area (Å²) in [5.74, 6) is 0.505. The summed E-state index contributed by atoms with van der Waals surface area (Å²) in [6.07, 6.45) is 14.2. The molecule has 3 heterocycles. The Kier molecular flexibility index (Phi) is 8.44. The molecular weight excluding hydrogens is 438 g/mol. The number of amides is 1. The minimum Gasteiger partial charge on any atom is -0.379 e. The average Bonchev–Trinajstić information content (AvgIpc) is 3.32. The van der Waals surface area contributed by atoms with Crippen LogP contribution in [0.25, 0.3) is 6.08 Å². The monoisotopic (exact) mass is 471 g/mol. The summed E-state index contributed by atoms with van der Waals surface area (Å²) in [6, 6.07) is 12.1. The molecule has 1 aliphatic heterocycles. The largest absolute Gasteiger partial charge is 0.379 e. The van der Waals surface area contributed by atoms with Gasteiger partial charge in [0.2, 0.25) is 5.91 Å². The molecule has 4 rings (SSSR count). The van der Waals surface area contributed by atoms with Gasteiger partial charge in [-0.15, -0.1) is 0 Å². The summed E-state index contributed by atoms with van der Waals surface area (Å²) in [7, 11) is 0. The zero-order chi connectivity index (χ0) is 24.5. The SMILES string of the molecule is CCCc1ccc(CCCNc2cnc3n(c2=O)C(C(=O)NCC=Cc2cccnc2)CC3)cc1. The van der Waals surface area contributed by atoms with Crippen LogP contribution >= 0.6 is 0 Å². The van der Waals surface area contributed by atoms with Crippen LogP contribution in [-0.4, -0.2) is 33.5 Å². The van der Waals surface area contributed by atoms with E-state index in [9.17, 15) is 9.59 Å². The van der Waals surface area contributed by atoms with Crippen molar-refractivity contribution in [3.8, 4) is 0 Å². The Morgan fingerprint density at radius 3 is 2.69 bits per heavy atom. The molecule has 7 nitrogen and oxygen atoms in total. The minimum absolute atomic E-state index is 0.160. The maximum Gasteiger partial charge on any atom is 0.277 e. The van der Waals surface area contributed by atoms with Gasteiger partial charge in [0, 0.05) is 31.9 Å². The fourth-order valence-corrected chi connectivity index (χ4v) is 4.40. The van der Waals surface area contributed by atoms with Crippen LogP contribution in [0.15, 0.2) is 65.9 Å². The van der Waals surface area contributed by atoms with Crippen molar-refractivity contribution < 1.29 is 4.79 Å². The van der Waals surface area contributed by atoms with Gasteiger partial charge >= 0.3 is 0 Å². The molecular formula is C28H33N5O2. The van der Waals surface area contributed by atoms with Gasteiger partial charge in [0.25, 0.3) is 5.56 Å². The highest BCUT2D eigenvalue weighted by molar-refractivity contribution is 5.81. The molecule has 1 unspecified atom stereocenters. The topological polar surface area (TPSA) is 88.9 Å². The van der Waals surface area contributed by atoms with E-state index in [0.29, 0.717) is 37.4 Å². The van der Waals surface area contributed by atoms with Crippen LogP contribution < -0.4 is 16.2 Å². The van der Waals surface area contributed by atoms with Crippen LogP contribution in [0.5, 0.6) is 0 Å². The number of aromatic nitrogens is 3. The number of nitrogens with zero attached hydrogens (tertiary/aromatic N) is 3. The van der Waals surface area contributed by atoms with E-state index < -0.39 is 6.04 Å². The first-order valence-electron chi connectivity index (χ1n) is 12.4. The number of pyridine rings is 1. The van der Waals surface area contributed by atoms with Crippen LogP contribution in [0.4, 0.5) is 5.69 Å². The van der Waals surface area contributed by atoms with Gasteiger partial charge in [-0.1, -0.05) is 55.8 Å². The first-order valence-corrected chi connectivity index (χ1v) is 12.4. The molecule has 0 radical (unpaired) electrons. The lowest BCUT2D eigenvalue weighted by atomic mass is 10.0. The Balaban J connectivity index is 1.30. The van der Waals surface area contributed by atoms with Crippen molar-refractivity contribution in [2.24, 2.45) is 0 Å². The molecule has 1 amide bonds. The Morgan fingerprint density at radius 1 is 1.14 bits per heavy atom. The number of carbonyl (C=O) groups excluding carboxylic acids is 1. The van der Waals surface area contributed by atoms with E-state index in [0.717, 1.165) is 31.2 Å². The summed E-state index contributed by atoms with van der Waals surface area (Å²) in [4.78, 5) is 34.4. The lowest BCUT2D eigenvalue weighted by Gasteiger charge is -2.15. The quantitative estimate of drug-likeness (QED) is 0.414. The molecule has 1 aromatic carbocycles. The number of hydrogen-bond acceptors (Lipinski definition) is 5. The van der Waals surface area contributed by atoms with Crippen LogP contribution in [0.1, 0.15) is 54.7 Å². The van der Waals surface area contributed by atoms with Gasteiger partial charge in [0.05, 0.1) is 6.20 Å². The zero-order valence-corrected chi connectivity index (χ0v) is 20.2. The van der Waals surface area contributed by atoms with E-state index in [2.05, 4.69) is 51.8 Å². The Morgan fingerprint density at radius 2 is 1.94 bits per heavy atom. The summed E-state index contributed by atoms with van der Waals surface area (Å²) in [5, 5.41) is 6.14. The van der Waals surface area contributed by atoms with E-state index in [1.807, 2.05) is 24.3 Å². The second kappa shape index (κ2) is 12.1. The van der Waals surface area contributed by atoms with Gasteiger partial charge in [-0.25, -0.2) is 4.98 Å². The molecule has 1 aliphatic rings. The normalized spacial score (nSPS) is 14.7. The Labute approximate surface area is 206 Å². The molecule has 0 bridgehead atoms. The van der Waals surface area contributed by atoms with Gasteiger partial charge in [-0.05, 0) is 48.4 Å². The van der Waals surface area contributed by atoms with Gasteiger partial charge in [0.1, 0.15) is 17.6 Å². The molecule has 3 aromatic rings. The number of anilines is 1. The fourth-order valence-electron chi connectivity index (χ4n) is 4.40. The van der Waals surface area contributed by atoms with E-state index in [4.69, 9.17) is 0 Å². The number of carbonyl (C=O) groups is 1. The lowest BCUT2D eigenvalue weighted by molar-refractivity contribution is -0.124. The first-order chi connectivity index (χ1) is 17.2. The average molecular weight is 472 g/mol. The van der Waals surface area contributed by atoms with E-state index in [-0.39, 0.29) is 11.5 Å². The summed E-state index contributed by atoms with van der Waals surface area (Å²) < 4.78 is 1.55. The molecule has 182 valence electrons. The van der Waals surface area contributed by atoms with Crippen molar-refractivity contribution in [3.63, 3.8) is 0 Å². The zero-order valence-electron chi connectivity index (χ0n) is 20.2. The number of hydrogen-bond donors (Lipinski definition) is 2. The number of nitrogens with one attached hydrogen (secondary N) is 2. The Bertz CT molecular complexity index is 1200. The lowest BCUT2D eigenvalue weighted by Crippen LogP contribution is -2.36. The summed E-state index contributed by atoms with van der Waals surface area (Å²) in [6.45, 7) is 3.25. The number of rotatable bonds is 11. The predicted molar refractivity (Wildman–Crippen MR) is 139 cm³/mol. The predicted octanol–water partition coefficient (Wildman–Crippen LogP) is 3.95. The molecule has 2 N–H and O–H groups in total. The molecule has 0 aliphatic carbocycles. The van der Waals surface area contributed by atoms with Crippen LogP contribution in [0.2, 0.25) is 0 Å². The van der Waals surface area contributed by atoms with Crippen molar-refractivity contribution in [2.45, 2.75) is 51.5 Å². The van der Waals surface area contributed by atoms with E-state index in [1.165, 1.54) is 11.1 Å². The standard InChI is InChI=1S/C28H33N5O2/c1-2-6-21-10-12-22(13-11-21)7-4-17-30-24-20-32-26-15-14-25(33(26)28(24)35)27(34)31-18-5-9-23-8-3-16-29-19-23/h3,5,8-13,16,19-20,25,30H,2,4,6-7,14-15,17-18H2,1H3,(H,31,34). The highest BCUT2D eigenvalue weighted by Crippen LogP contribution is 2.23. The van der Waals surface area contributed by atoms with Crippen LogP contribution in [0, 0.1) is 0 Å². The second-order valence-corrected chi connectivity index (χ2v) is 8.85. The highest BCUT2D eigenvalue weighted by atomic mass is 16.2. The van der Waals surface area contributed by atoms with E-state index in [1.54, 1.807) is 23.2 Å². The summed E-state index contributed by atoms with van der Waals surface area (Å²) in [5.41, 5.74) is 3.91. The Hall–Kier alpha value is -3.74. The van der Waals surface area contributed by atoms with Gasteiger partial charge < -0.3 is 10.6 Å². The number of aryl methyl sites for hydroxylation is 3. The molecule has 0 fully saturated rings. The van der Waals surface area contributed by atoms with E-state index >= 15 is 0 Å². The second-order valence-electron chi connectivity index (χ2n) is 8.85. The molecule has 1 atom stereocenters. The van der Waals surface area contributed by atoms with Gasteiger partial charge in [-0.3, -0.25) is 19.1 Å². The smallest absolute Gasteiger partial charge is 0.277 e. The molecule has 35 heavy (non-hydrogen) atoms. The van der Waals surface area contributed by atoms with Crippen molar-refractivity contribution in [3.05, 3.63) is 93.9 Å². The number of benzene rings is 1. The highest BCUT2D eigenvalue weighted by Gasteiger charge is 2.30. The third-order valence-electron chi connectivity index (χ3n) is 6.23. The third-order valence-corrected chi connectivity index (χ3v) is 6.23. The van der Waals surface area contributed by atoms with Crippen molar-refractivity contribution >= 4 is 17.7 Å². The fraction of sp³-hybridized carbons (Fsp3) is 0.357. The molecule has 0 saturated carbocycles. The maximum absolute atomic E-state index is 13.1. The van der Waals surface area contributed by atoms with Crippen molar-refractivity contribution in [2.75, 3.05) is 18.4 Å². The van der Waals surface area contributed by atoms with Gasteiger partial charge in [0.15, 0.2) is 0 Å². The third kappa shape index (κ3) is 6.44. The first kappa shape index (κ1) is 24.4. The van der Waals surface area contributed by atoms with Gasteiger partial charge in [-0.2, -0.15) is 0 Å². The molecule has 2 aromatic heterocycles. The maximum atomic E-state index is 13.1. The minimum atomic E-state index is -0.528. The van der Waals surface area contributed by atoms with Crippen LogP contribution in [-0.2, 0) is 24.1 Å². The van der Waals surface area contributed by atoms with Crippen molar-refractivity contribution in [1.82, 2.24) is 19.9 Å². The molecule has 7 heteroatoms. The van der Waals surface area contributed by atoms with Crippen LogP contribution in [0.3, 0.4) is 0 Å². The molecule has 0 saturated heterocycles.